The second kappa shape index (κ2) is 9.79. The lowest BCUT2D eigenvalue weighted by Crippen LogP contribution is -2.89. The Bertz CT molecular complexity index is 1510. The van der Waals surface area contributed by atoms with E-state index in [-0.39, 0.29) is 37.0 Å². The number of Topliss-reactive ketones (excluding diaryl/α,β-unsaturated/α-hetero) is 3. The molecule has 1 aliphatic heterocycles. The number of carbonyl (C=O) groups is 3. The van der Waals surface area contributed by atoms with Gasteiger partial charge in [0.05, 0.1) is 16.4 Å². The van der Waals surface area contributed by atoms with Crippen molar-refractivity contribution in [1.82, 2.24) is 0 Å². The third kappa shape index (κ3) is 3.64. The molecule has 1 aromatic carbocycles. The molecule has 6 aliphatic rings. The summed E-state index contributed by atoms with van der Waals surface area (Å²) >= 11 is 0. The van der Waals surface area contributed by atoms with E-state index in [2.05, 4.69) is 19.9 Å². The van der Waals surface area contributed by atoms with Crippen LogP contribution in [0.1, 0.15) is 105 Å². The van der Waals surface area contributed by atoms with Crippen molar-refractivity contribution in [1.29, 1.82) is 0 Å². The van der Waals surface area contributed by atoms with Crippen molar-refractivity contribution < 1.29 is 34.4 Å². The maximum atomic E-state index is 15.6. The molecule has 45 heavy (non-hydrogen) atoms. The van der Waals surface area contributed by atoms with Gasteiger partial charge in [-0.3, -0.25) is 19.6 Å². The smallest absolute Gasteiger partial charge is 0.192 e. The van der Waals surface area contributed by atoms with E-state index >= 15 is 9.59 Å². The van der Waals surface area contributed by atoms with Gasteiger partial charge in [-0.1, -0.05) is 67.5 Å². The Morgan fingerprint density at radius 1 is 1.00 bits per heavy atom. The molecule has 5 aliphatic carbocycles. The van der Waals surface area contributed by atoms with Gasteiger partial charge in [0.15, 0.2) is 28.6 Å². The molecule has 5 saturated carbocycles. The van der Waals surface area contributed by atoms with Crippen molar-refractivity contribution in [2.24, 2.45) is 45.3 Å². The third-order valence-electron chi connectivity index (χ3n) is 13.2. The Morgan fingerprint density at radius 3 is 2.24 bits per heavy atom. The predicted molar refractivity (Wildman–Crippen MR) is 170 cm³/mol. The van der Waals surface area contributed by atoms with Gasteiger partial charge < -0.3 is 9.84 Å². The largest absolute Gasteiger partial charge is 0.364 e. The van der Waals surface area contributed by atoms with Gasteiger partial charge in [0.1, 0.15) is 5.60 Å². The van der Waals surface area contributed by atoms with Gasteiger partial charge in [0, 0.05) is 11.5 Å². The summed E-state index contributed by atoms with van der Waals surface area (Å²) in [6, 6.07) is 8.65. The maximum absolute atomic E-state index is 15.6. The lowest BCUT2D eigenvalue weighted by atomic mass is 9.25. The van der Waals surface area contributed by atoms with Crippen LogP contribution in [0.15, 0.2) is 53.6 Å². The zero-order chi connectivity index (χ0) is 33.2. The van der Waals surface area contributed by atoms with Crippen LogP contribution < -0.4 is 0 Å². The first-order chi connectivity index (χ1) is 20.8. The van der Waals surface area contributed by atoms with Gasteiger partial charge in [0.25, 0.3) is 0 Å². The lowest BCUT2D eigenvalue weighted by molar-refractivity contribution is -0.411. The van der Waals surface area contributed by atoms with Crippen molar-refractivity contribution >= 4 is 17.3 Å². The summed E-state index contributed by atoms with van der Waals surface area (Å²) in [5, 5.41) is 23.5. The van der Waals surface area contributed by atoms with Crippen molar-refractivity contribution in [3.8, 4) is 0 Å². The molecule has 0 amide bonds. The van der Waals surface area contributed by atoms with Gasteiger partial charge in [-0.2, -0.15) is 0 Å². The number of hydrogen-bond donors (Lipinski definition) is 2. The molecule has 0 unspecified atom stereocenters. The highest BCUT2D eigenvalue weighted by Crippen LogP contribution is 2.86. The van der Waals surface area contributed by atoms with E-state index in [4.69, 9.17) is 9.62 Å². The van der Waals surface area contributed by atoms with Crippen molar-refractivity contribution in [2.45, 2.75) is 111 Å². The molecule has 0 radical (unpaired) electrons. The number of aliphatic hydroxyl groups is 1. The summed E-state index contributed by atoms with van der Waals surface area (Å²) in [4.78, 5) is 51.2. The number of ketones is 3. The van der Waals surface area contributed by atoms with Crippen LogP contribution >= 0.6 is 0 Å². The minimum atomic E-state index is -2.14. The van der Waals surface area contributed by atoms with Crippen LogP contribution in [-0.2, 0) is 19.2 Å². The maximum Gasteiger partial charge on any atom is 0.192 e. The molecule has 7 heteroatoms. The second-order valence-corrected chi connectivity index (χ2v) is 16.7. The first kappa shape index (κ1) is 32.5. The number of benzene rings is 1. The summed E-state index contributed by atoms with van der Waals surface area (Å²) in [6.07, 6.45) is 6.56. The molecule has 8 atom stereocenters. The fraction of sp³-hybridized carbons (Fsp3) is 0.658. The molecular formula is C38H50O7. The van der Waals surface area contributed by atoms with Crippen LogP contribution in [0.4, 0.5) is 0 Å². The number of carbonyl (C=O) groups excluding carboxylic acids is 3. The monoisotopic (exact) mass is 618 g/mol. The van der Waals surface area contributed by atoms with Crippen molar-refractivity contribution in [3.63, 3.8) is 0 Å². The molecule has 7 nitrogen and oxygen atoms in total. The molecule has 6 fully saturated rings. The standard InChI is InChI=1S/C38H50O7/c1-22(2)14-13-15-23(3)18-19-35-20-25-28-27(34(8,9)45-43)26-21-36(28,38(35,42)44-33(26,6)7)31(41)37(30(35)40,32(25,4)5)29(39)24-16-11-10-12-17-24/h10-12,14,16-18,25-28,42-43H,13,15,19-21H2,1-9H3/b23-18+/t25-,26-,27+,28-,35+,36-,37+,38-/m1/s1. The van der Waals surface area contributed by atoms with E-state index in [1.54, 1.807) is 30.3 Å². The summed E-state index contributed by atoms with van der Waals surface area (Å²) in [7, 11) is 0. The number of rotatable bonds is 9. The van der Waals surface area contributed by atoms with Crippen LogP contribution in [0, 0.1) is 45.3 Å². The topological polar surface area (TPSA) is 110 Å². The fourth-order valence-corrected chi connectivity index (χ4v) is 11.2. The van der Waals surface area contributed by atoms with Gasteiger partial charge in [-0.15, -0.1) is 0 Å². The lowest BCUT2D eigenvalue weighted by Gasteiger charge is -2.77. The minimum absolute atomic E-state index is 0.173. The van der Waals surface area contributed by atoms with Gasteiger partial charge >= 0.3 is 0 Å². The second-order valence-electron chi connectivity index (χ2n) is 16.7. The summed E-state index contributed by atoms with van der Waals surface area (Å²) in [6.45, 7) is 17.4. The van der Waals surface area contributed by atoms with Crippen LogP contribution in [0.3, 0.4) is 0 Å². The molecule has 1 aromatic rings. The Hall–Kier alpha value is -2.45. The minimum Gasteiger partial charge on any atom is -0.364 e. The SMILES string of the molecule is CC(C)=CCC/C(C)=C/C[C@]12C[C@@H]3[C@@H]4[C@@H](C(C)(C)OO)[C@H]5C[C@@]4(C(=O)[C@](C(=O)c4ccccc4)(C1=O)C3(C)C)[C@]2(O)OC5(C)C. The normalized spacial score (nSPS) is 40.6. The van der Waals surface area contributed by atoms with Gasteiger partial charge in [-0.05, 0) is 104 Å². The average Bonchev–Trinajstić information content (AvgIpc) is 3.34. The molecule has 1 saturated heterocycles. The summed E-state index contributed by atoms with van der Waals surface area (Å²) < 4.78 is 6.83. The average molecular weight is 619 g/mol. The van der Waals surface area contributed by atoms with E-state index in [1.807, 2.05) is 54.5 Å². The van der Waals surface area contributed by atoms with E-state index in [9.17, 15) is 15.2 Å². The molecule has 2 N–H and O–H groups in total. The number of ether oxygens (including phenoxy) is 1. The van der Waals surface area contributed by atoms with Crippen LogP contribution in [-0.4, -0.2) is 44.7 Å². The highest BCUT2D eigenvalue weighted by molar-refractivity contribution is 6.34. The Kier molecular flexibility index (Phi) is 7.07. The van der Waals surface area contributed by atoms with E-state index in [0.717, 1.165) is 18.4 Å². The van der Waals surface area contributed by atoms with Crippen LogP contribution in [0.5, 0.6) is 0 Å². The first-order valence-corrected chi connectivity index (χ1v) is 16.6. The molecular weight excluding hydrogens is 568 g/mol. The fourth-order valence-electron chi connectivity index (χ4n) is 11.2. The molecule has 0 aromatic heterocycles. The van der Waals surface area contributed by atoms with Crippen molar-refractivity contribution in [3.05, 3.63) is 59.2 Å². The van der Waals surface area contributed by atoms with E-state index < -0.39 is 61.9 Å². The molecule has 7 rings (SSSR count). The zero-order valence-corrected chi connectivity index (χ0v) is 28.3. The van der Waals surface area contributed by atoms with Crippen LogP contribution in [0.2, 0.25) is 0 Å². The van der Waals surface area contributed by atoms with Gasteiger partial charge in [0.2, 0.25) is 0 Å². The first-order valence-electron chi connectivity index (χ1n) is 16.6. The predicted octanol–water partition coefficient (Wildman–Crippen LogP) is 7.14. The Balaban J connectivity index is 1.63. The van der Waals surface area contributed by atoms with Crippen LogP contribution in [0.25, 0.3) is 0 Å². The van der Waals surface area contributed by atoms with E-state index in [0.29, 0.717) is 5.56 Å². The zero-order valence-electron chi connectivity index (χ0n) is 28.3. The highest BCUT2D eigenvalue weighted by atomic mass is 17.1. The number of hydrogen-bond acceptors (Lipinski definition) is 7. The quantitative estimate of drug-likeness (QED) is 0.0995. The summed E-state index contributed by atoms with van der Waals surface area (Å²) in [5.41, 5.74) is -5.48. The molecule has 1 spiro atoms. The summed E-state index contributed by atoms with van der Waals surface area (Å²) in [5.74, 6) is -5.08. The number of allylic oxidation sites excluding steroid dienone is 4. The Labute approximate surface area is 267 Å². The molecule has 1 heterocycles. The van der Waals surface area contributed by atoms with E-state index in [1.165, 1.54) is 5.57 Å². The third-order valence-corrected chi connectivity index (χ3v) is 13.2. The molecule has 5 bridgehead atoms. The van der Waals surface area contributed by atoms with Gasteiger partial charge in [-0.25, -0.2) is 4.89 Å². The Morgan fingerprint density at radius 2 is 1.64 bits per heavy atom. The highest BCUT2D eigenvalue weighted by Gasteiger charge is 2.96. The molecule has 244 valence electrons. The van der Waals surface area contributed by atoms with Crippen molar-refractivity contribution in [2.75, 3.05) is 0 Å². The number of fused-ring (bicyclic) bond motifs is 1.